The van der Waals surface area contributed by atoms with Gasteiger partial charge >= 0.3 is 0 Å². The monoisotopic (exact) mass is 237 g/mol. The first-order chi connectivity index (χ1) is 7.58. The average molecular weight is 237 g/mol. The van der Waals surface area contributed by atoms with Gasteiger partial charge in [0.05, 0.1) is 16.3 Å². The quantitative estimate of drug-likeness (QED) is 0.822. The zero-order valence-electron chi connectivity index (χ0n) is 8.67. The molecule has 84 valence electrons. The highest BCUT2D eigenvalue weighted by molar-refractivity contribution is 7.17. The van der Waals surface area contributed by atoms with Crippen LogP contribution in [0.15, 0.2) is 11.4 Å². The summed E-state index contributed by atoms with van der Waals surface area (Å²) in [6.07, 6.45) is -0.233. The van der Waals surface area contributed by atoms with Crippen molar-refractivity contribution in [3.8, 4) is 0 Å². The van der Waals surface area contributed by atoms with Crippen molar-refractivity contribution in [3.05, 3.63) is 23.0 Å². The third-order valence-corrected chi connectivity index (χ3v) is 2.97. The second kappa shape index (κ2) is 4.15. The van der Waals surface area contributed by atoms with Crippen molar-refractivity contribution in [2.45, 2.75) is 19.4 Å². The Labute approximate surface area is 95.9 Å². The average Bonchev–Trinajstić information content (AvgIpc) is 2.62. The van der Waals surface area contributed by atoms with E-state index in [-0.39, 0.29) is 5.69 Å². The van der Waals surface area contributed by atoms with Crippen molar-refractivity contribution in [1.29, 1.82) is 0 Å². The van der Waals surface area contributed by atoms with Crippen LogP contribution in [-0.4, -0.2) is 27.1 Å². The van der Waals surface area contributed by atoms with Crippen LogP contribution in [0.25, 0.3) is 10.2 Å². The maximum absolute atomic E-state index is 11.2. The molecule has 0 radical (unpaired) electrons. The van der Waals surface area contributed by atoms with Gasteiger partial charge in [-0.25, -0.2) is 9.97 Å². The Hall–Kier alpha value is -1.53. The molecule has 2 aromatic heterocycles. The number of aromatic nitrogens is 2. The van der Waals surface area contributed by atoms with Gasteiger partial charge in [0.2, 0.25) is 0 Å². The van der Waals surface area contributed by atoms with E-state index in [9.17, 15) is 9.90 Å². The molecule has 6 heteroatoms. The number of carbonyl (C=O) groups is 1. The summed E-state index contributed by atoms with van der Waals surface area (Å²) in [7, 11) is 0. The number of hydrogen-bond acceptors (Lipinski definition) is 5. The fourth-order valence-electron chi connectivity index (χ4n) is 1.43. The number of primary amides is 1. The standard InChI is InChI=1S/C10H11N3O2S/c1-5(14)4-7-12-6-2-3-16-9(6)8(13-7)10(11)15/h2-3,5,14H,4H2,1H3,(H2,11,15)/t5-/m0/s1. The molecule has 3 N–H and O–H groups in total. The molecule has 0 saturated carbocycles. The van der Waals surface area contributed by atoms with Crippen molar-refractivity contribution >= 4 is 27.5 Å². The zero-order valence-corrected chi connectivity index (χ0v) is 9.49. The molecule has 1 amide bonds. The Morgan fingerprint density at radius 2 is 2.38 bits per heavy atom. The number of aliphatic hydroxyl groups excluding tert-OH is 1. The summed E-state index contributed by atoms with van der Waals surface area (Å²) in [6, 6.07) is 1.81. The molecule has 2 rings (SSSR count). The molecular formula is C10H11N3O2S. The summed E-state index contributed by atoms with van der Waals surface area (Å²) in [5, 5.41) is 11.1. The van der Waals surface area contributed by atoms with E-state index in [0.29, 0.717) is 22.5 Å². The van der Waals surface area contributed by atoms with E-state index in [1.807, 2.05) is 5.38 Å². The van der Waals surface area contributed by atoms with E-state index >= 15 is 0 Å². The Bertz CT molecular complexity index is 536. The van der Waals surface area contributed by atoms with Gasteiger partial charge in [0, 0.05) is 6.42 Å². The van der Waals surface area contributed by atoms with Gasteiger partial charge in [0.1, 0.15) is 11.5 Å². The van der Waals surface area contributed by atoms with Gasteiger partial charge in [-0.3, -0.25) is 4.79 Å². The molecule has 0 bridgehead atoms. The van der Waals surface area contributed by atoms with Crippen molar-refractivity contribution < 1.29 is 9.90 Å². The van der Waals surface area contributed by atoms with Crippen LogP contribution in [0, 0.1) is 0 Å². The molecular weight excluding hydrogens is 226 g/mol. The molecule has 0 aliphatic carbocycles. The number of aliphatic hydroxyl groups is 1. The number of nitrogens with two attached hydrogens (primary N) is 1. The highest BCUT2D eigenvalue weighted by Crippen LogP contribution is 2.22. The lowest BCUT2D eigenvalue weighted by Gasteiger charge is -2.04. The molecule has 0 aliphatic rings. The number of thiophene rings is 1. The van der Waals surface area contributed by atoms with Gasteiger partial charge < -0.3 is 10.8 Å². The molecule has 2 aromatic rings. The topological polar surface area (TPSA) is 89.1 Å². The molecule has 0 aliphatic heterocycles. The van der Waals surface area contributed by atoms with Gasteiger partial charge in [-0.1, -0.05) is 0 Å². The number of nitrogens with zero attached hydrogens (tertiary/aromatic N) is 2. The SMILES string of the molecule is C[C@H](O)Cc1nc(C(N)=O)c2sccc2n1. The lowest BCUT2D eigenvalue weighted by molar-refractivity contribution is 0.0996. The molecule has 0 saturated heterocycles. The minimum Gasteiger partial charge on any atom is -0.393 e. The minimum absolute atomic E-state index is 0.232. The van der Waals surface area contributed by atoms with E-state index in [4.69, 9.17) is 5.73 Å². The fourth-order valence-corrected chi connectivity index (χ4v) is 2.26. The number of amides is 1. The lowest BCUT2D eigenvalue weighted by Crippen LogP contribution is -2.16. The van der Waals surface area contributed by atoms with Crippen molar-refractivity contribution in [1.82, 2.24) is 9.97 Å². The molecule has 0 spiro atoms. The number of hydrogen-bond donors (Lipinski definition) is 2. The second-order valence-electron chi connectivity index (χ2n) is 3.54. The van der Waals surface area contributed by atoms with Crippen LogP contribution in [0.3, 0.4) is 0 Å². The van der Waals surface area contributed by atoms with Crippen LogP contribution < -0.4 is 5.73 Å². The maximum Gasteiger partial charge on any atom is 0.268 e. The van der Waals surface area contributed by atoms with Crippen LogP contribution >= 0.6 is 11.3 Å². The number of fused-ring (bicyclic) bond motifs is 1. The van der Waals surface area contributed by atoms with Crippen LogP contribution in [-0.2, 0) is 6.42 Å². The molecule has 0 fully saturated rings. The second-order valence-corrected chi connectivity index (χ2v) is 4.46. The minimum atomic E-state index is -0.568. The van der Waals surface area contributed by atoms with Crippen LogP contribution in [0.1, 0.15) is 23.2 Å². The summed E-state index contributed by atoms with van der Waals surface area (Å²) in [4.78, 5) is 19.6. The van der Waals surface area contributed by atoms with E-state index in [2.05, 4.69) is 9.97 Å². The van der Waals surface area contributed by atoms with E-state index in [1.165, 1.54) is 11.3 Å². The Morgan fingerprint density at radius 3 is 3.00 bits per heavy atom. The summed E-state index contributed by atoms with van der Waals surface area (Å²) in [5.74, 6) is -0.128. The number of carbonyl (C=O) groups excluding carboxylic acids is 1. The molecule has 2 heterocycles. The first kappa shape index (κ1) is 11.0. The first-order valence-electron chi connectivity index (χ1n) is 4.80. The third kappa shape index (κ3) is 2.02. The summed E-state index contributed by atoms with van der Waals surface area (Å²) in [5.41, 5.74) is 6.18. The molecule has 5 nitrogen and oxygen atoms in total. The predicted molar refractivity (Wildman–Crippen MR) is 61.3 cm³/mol. The Morgan fingerprint density at radius 1 is 1.62 bits per heavy atom. The summed E-state index contributed by atoms with van der Waals surface area (Å²) >= 11 is 1.38. The Kier molecular flexibility index (Phi) is 2.84. The van der Waals surface area contributed by atoms with Gasteiger partial charge in [0.25, 0.3) is 5.91 Å². The summed E-state index contributed by atoms with van der Waals surface area (Å²) in [6.45, 7) is 1.64. The molecule has 0 aromatic carbocycles. The maximum atomic E-state index is 11.2. The fraction of sp³-hybridized carbons (Fsp3) is 0.300. The highest BCUT2D eigenvalue weighted by atomic mass is 32.1. The van der Waals surface area contributed by atoms with Gasteiger partial charge in [-0.2, -0.15) is 0 Å². The van der Waals surface area contributed by atoms with Gasteiger partial charge in [-0.15, -0.1) is 11.3 Å². The largest absolute Gasteiger partial charge is 0.393 e. The van der Waals surface area contributed by atoms with E-state index < -0.39 is 12.0 Å². The van der Waals surface area contributed by atoms with Crippen LogP contribution in [0.2, 0.25) is 0 Å². The molecule has 16 heavy (non-hydrogen) atoms. The summed E-state index contributed by atoms with van der Waals surface area (Å²) < 4.78 is 0.696. The van der Waals surface area contributed by atoms with E-state index in [1.54, 1.807) is 13.0 Å². The highest BCUT2D eigenvalue weighted by Gasteiger charge is 2.14. The molecule has 0 unspecified atom stereocenters. The zero-order chi connectivity index (χ0) is 11.7. The van der Waals surface area contributed by atoms with Crippen molar-refractivity contribution in [2.75, 3.05) is 0 Å². The third-order valence-electron chi connectivity index (χ3n) is 2.06. The van der Waals surface area contributed by atoms with Crippen molar-refractivity contribution in [3.63, 3.8) is 0 Å². The molecule has 1 atom stereocenters. The van der Waals surface area contributed by atoms with Crippen LogP contribution in [0.5, 0.6) is 0 Å². The van der Waals surface area contributed by atoms with Gasteiger partial charge in [-0.05, 0) is 18.4 Å². The predicted octanol–water partition coefficient (Wildman–Crippen LogP) is 0.714. The number of rotatable bonds is 3. The van der Waals surface area contributed by atoms with Gasteiger partial charge in [0.15, 0.2) is 0 Å². The van der Waals surface area contributed by atoms with Crippen LogP contribution in [0.4, 0.5) is 0 Å². The Balaban J connectivity index is 2.57. The normalized spacial score (nSPS) is 12.9. The van der Waals surface area contributed by atoms with Crippen molar-refractivity contribution in [2.24, 2.45) is 5.73 Å². The lowest BCUT2D eigenvalue weighted by atomic mass is 10.2. The van der Waals surface area contributed by atoms with E-state index in [0.717, 1.165) is 0 Å². The first-order valence-corrected chi connectivity index (χ1v) is 5.68. The smallest absolute Gasteiger partial charge is 0.268 e.